The maximum Gasteiger partial charge on any atom is 0.417 e. The highest BCUT2D eigenvalue weighted by molar-refractivity contribution is 7.13. The Bertz CT molecular complexity index is 626. The molecule has 0 spiro atoms. The third-order valence-corrected chi connectivity index (χ3v) is 3.43. The fourth-order valence-electron chi connectivity index (χ4n) is 1.49. The van der Waals surface area contributed by atoms with E-state index in [1.165, 1.54) is 11.3 Å². The number of pyridine rings is 1. The molecule has 0 bridgehead atoms. The lowest BCUT2D eigenvalue weighted by molar-refractivity contribution is -0.138. The summed E-state index contributed by atoms with van der Waals surface area (Å²) in [5.41, 5.74) is -2.34. The highest BCUT2D eigenvalue weighted by Crippen LogP contribution is 2.37. The molecule has 0 saturated carbocycles. The van der Waals surface area contributed by atoms with E-state index in [0.29, 0.717) is 10.9 Å². The predicted octanol–water partition coefficient (Wildman–Crippen LogP) is 4.18. The molecule has 8 heteroatoms. The second kappa shape index (κ2) is 4.82. The fraction of sp³-hybridized carbons (Fsp3) is 0.0909. The molecule has 0 radical (unpaired) electrons. The molecule has 0 saturated heterocycles. The summed E-state index contributed by atoms with van der Waals surface area (Å²) in [6.07, 6.45) is -4.81. The summed E-state index contributed by atoms with van der Waals surface area (Å²) in [4.78, 5) is 15.0. The van der Waals surface area contributed by atoms with Crippen molar-refractivity contribution in [2.24, 2.45) is 0 Å². The SMILES string of the molecule is O=C(O)c1c(C(F)(F)F)cc(-c2cccs2)nc1Cl. The van der Waals surface area contributed by atoms with Gasteiger partial charge in [0.2, 0.25) is 0 Å². The van der Waals surface area contributed by atoms with E-state index in [1.807, 2.05) is 0 Å². The van der Waals surface area contributed by atoms with Crippen molar-refractivity contribution < 1.29 is 23.1 Å². The number of alkyl halides is 3. The Balaban J connectivity index is 2.71. The Kier molecular flexibility index (Phi) is 3.51. The van der Waals surface area contributed by atoms with E-state index >= 15 is 0 Å². The highest BCUT2D eigenvalue weighted by atomic mass is 35.5. The Hall–Kier alpha value is -1.60. The topological polar surface area (TPSA) is 50.2 Å². The van der Waals surface area contributed by atoms with Crippen molar-refractivity contribution in [2.45, 2.75) is 6.18 Å². The average Bonchev–Trinajstić information content (AvgIpc) is 2.79. The van der Waals surface area contributed by atoms with Crippen molar-refractivity contribution in [1.82, 2.24) is 4.98 Å². The van der Waals surface area contributed by atoms with E-state index in [1.54, 1.807) is 17.5 Å². The molecule has 0 fully saturated rings. The largest absolute Gasteiger partial charge is 0.478 e. The number of halogens is 4. The maximum absolute atomic E-state index is 12.9. The molecule has 0 amide bonds. The Morgan fingerprint density at radius 3 is 2.58 bits per heavy atom. The van der Waals surface area contributed by atoms with Gasteiger partial charge >= 0.3 is 12.1 Å². The number of carboxylic acid groups (broad SMARTS) is 1. The van der Waals surface area contributed by atoms with Crippen molar-refractivity contribution in [3.63, 3.8) is 0 Å². The van der Waals surface area contributed by atoms with Crippen LogP contribution in [0.15, 0.2) is 23.6 Å². The molecule has 0 unspecified atom stereocenters. The van der Waals surface area contributed by atoms with Crippen LogP contribution in [0.5, 0.6) is 0 Å². The summed E-state index contributed by atoms with van der Waals surface area (Å²) < 4.78 is 38.6. The lowest BCUT2D eigenvalue weighted by Gasteiger charge is -2.12. The van der Waals surface area contributed by atoms with Crippen molar-refractivity contribution in [2.75, 3.05) is 0 Å². The van der Waals surface area contributed by atoms with Gasteiger partial charge in [-0.05, 0) is 17.5 Å². The van der Waals surface area contributed by atoms with Crippen molar-refractivity contribution in [3.8, 4) is 10.6 Å². The number of carboxylic acids is 1. The van der Waals surface area contributed by atoms with Gasteiger partial charge in [0.1, 0.15) is 10.7 Å². The van der Waals surface area contributed by atoms with Crippen LogP contribution in [0, 0.1) is 0 Å². The second-order valence-electron chi connectivity index (χ2n) is 3.50. The first kappa shape index (κ1) is 13.8. The molecule has 2 aromatic rings. The van der Waals surface area contributed by atoms with Crippen LogP contribution in [0.25, 0.3) is 10.6 Å². The summed E-state index contributed by atoms with van der Waals surface area (Å²) in [5, 5.41) is 9.80. The minimum Gasteiger partial charge on any atom is -0.478 e. The van der Waals surface area contributed by atoms with Gasteiger partial charge in [-0.2, -0.15) is 13.2 Å². The van der Waals surface area contributed by atoms with Crippen LogP contribution < -0.4 is 0 Å². The molecule has 2 heterocycles. The Morgan fingerprint density at radius 2 is 2.11 bits per heavy atom. The average molecular weight is 308 g/mol. The van der Waals surface area contributed by atoms with Crippen LogP contribution in [-0.2, 0) is 6.18 Å². The van der Waals surface area contributed by atoms with E-state index in [9.17, 15) is 18.0 Å². The van der Waals surface area contributed by atoms with E-state index < -0.39 is 28.4 Å². The Morgan fingerprint density at radius 1 is 1.42 bits per heavy atom. The molecule has 0 aliphatic heterocycles. The molecule has 0 aromatic carbocycles. The second-order valence-corrected chi connectivity index (χ2v) is 4.81. The number of thiophene rings is 1. The predicted molar refractivity (Wildman–Crippen MR) is 64.5 cm³/mol. The van der Waals surface area contributed by atoms with E-state index in [4.69, 9.17) is 16.7 Å². The van der Waals surface area contributed by atoms with Gasteiger partial charge in [0, 0.05) is 0 Å². The molecule has 0 atom stereocenters. The van der Waals surface area contributed by atoms with Gasteiger partial charge in [0.05, 0.1) is 16.1 Å². The molecule has 2 aromatic heterocycles. The molecular weight excluding hydrogens is 303 g/mol. The van der Waals surface area contributed by atoms with Crippen molar-refractivity contribution >= 4 is 28.9 Å². The minimum atomic E-state index is -4.81. The van der Waals surface area contributed by atoms with Crippen LogP contribution in [-0.4, -0.2) is 16.1 Å². The number of rotatable bonds is 2. The quantitative estimate of drug-likeness (QED) is 0.847. The lowest BCUT2D eigenvalue weighted by atomic mass is 10.1. The standard InChI is InChI=1S/C11H5ClF3NO2S/c12-9-8(10(17)18)5(11(13,14)15)4-6(16-9)7-2-1-3-19-7/h1-4H,(H,17,18). The zero-order valence-corrected chi connectivity index (χ0v) is 10.6. The zero-order chi connectivity index (χ0) is 14.2. The Labute approximate surface area is 114 Å². The van der Waals surface area contributed by atoms with Crippen LogP contribution in [0.4, 0.5) is 13.2 Å². The van der Waals surface area contributed by atoms with Gasteiger partial charge in [-0.3, -0.25) is 0 Å². The smallest absolute Gasteiger partial charge is 0.417 e. The highest BCUT2D eigenvalue weighted by Gasteiger charge is 2.37. The fourth-order valence-corrected chi connectivity index (χ4v) is 2.45. The van der Waals surface area contributed by atoms with Gasteiger partial charge in [0.15, 0.2) is 0 Å². The van der Waals surface area contributed by atoms with Gasteiger partial charge < -0.3 is 5.11 Å². The summed E-state index contributed by atoms with van der Waals surface area (Å²) in [6, 6.07) is 3.92. The maximum atomic E-state index is 12.9. The molecule has 0 aliphatic rings. The number of hydrogen-bond acceptors (Lipinski definition) is 3. The van der Waals surface area contributed by atoms with Crippen molar-refractivity contribution in [1.29, 1.82) is 0 Å². The summed E-state index contributed by atoms with van der Waals surface area (Å²) in [5.74, 6) is -1.76. The summed E-state index contributed by atoms with van der Waals surface area (Å²) in [7, 11) is 0. The van der Waals surface area contributed by atoms with Gasteiger partial charge in [0.25, 0.3) is 0 Å². The van der Waals surface area contributed by atoms with Crippen molar-refractivity contribution in [3.05, 3.63) is 39.9 Å². The van der Waals surface area contributed by atoms with E-state index in [0.717, 1.165) is 0 Å². The van der Waals surface area contributed by atoms with E-state index in [-0.39, 0.29) is 5.69 Å². The summed E-state index contributed by atoms with van der Waals surface area (Å²) >= 11 is 6.75. The zero-order valence-electron chi connectivity index (χ0n) is 9.03. The number of nitrogens with zero attached hydrogens (tertiary/aromatic N) is 1. The first-order valence-electron chi connectivity index (χ1n) is 4.85. The van der Waals surface area contributed by atoms with Gasteiger partial charge in [-0.1, -0.05) is 17.7 Å². The van der Waals surface area contributed by atoms with Crippen LogP contribution >= 0.6 is 22.9 Å². The molecule has 3 nitrogen and oxygen atoms in total. The van der Waals surface area contributed by atoms with Gasteiger partial charge in [-0.15, -0.1) is 11.3 Å². The minimum absolute atomic E-state index is 0.00248. The molecule has 0 aliphatic carbocycles. The number of aromatic carboxylic acids is 1. The summed E-state index contributed by atoms with van der Waals surface area (Å²) in [6.45, 7) is 0. The van der Waals surface area contributed by atoms with Gasteiger partial charge in [-0.25, -0.2) is 9.78 Å². The first-order chi connectivity index (χ1) is 8.80. The molecule has 1 N–H and O–H groups in total. The van der Waals surface area contributed by atoms with Crippen LogP contribution in [0.1, 0.15) is 15.9 Å². The lowest BCUT2D eigenvalue weighted by Crippen LogP contribution is -2.14. The monoisotopic (exact) mass is 307 g/mol. The third kappa shape index (κ3) is 2.71. The number of carbonyl (C=O) groups is 1. The number of hydrogen-bond donors (Lipinski definition) is 1. The molecule has 2 rings (SSSR count). The molecule has 100 valence electrons. The molecular formula is C11H5ClF3NO2S. The van der Waals surface area contributed by atoms with Crippen LogP contribution in [0.2, 0.25) is 5.15 Å². The normalized spacial score (nSPS) is 11.6. The van der Waals surface area contributed by atoms with Crippen LogP contribution in [0.3, 0.4) is 0 Å². The molecule has 19 heavy (non-hydrogen) atoms. The third-order valence-electron chi connectivity index (χ3n) is 2.27. The van der Waals surface area contributed by atoms with E-state index in [2.05, 4.69) is 4.98 Å². The first-order valence-corrected chi connectivity index (χ1v) is 6.11. The number of aromatic nitrogens is 1.